The highest BCUT2D eigenvalue weighted by atomic mass is 16.2. The predicted molar refractivity (Wildman–Crippen MR) is 103 cm³/mol. The van der Waals surface area contributed by atoms with E-state index in [-0.39, 0.29) is 11.8 Å². The molecule has 2 aromatic rings. The Kier molecular flexibility index (Phi) is 7.20. The minimum Gasteiger partial charge on any atom is -0.326 e. The third-order valence-electron chi connectivity index (χ3n) is 4.12. The van der Waals surface area contributed by atoms with Crippen LogP contribution in [0.15, 0.2) is 54.6 Å². The maximum atomic E-state index is 12.5. The van der Waals surface area contributed by atoms with Crippen LogP contribution < -0.4 is 10.2 Å². The van der Waals surface area contributed by atoms with Gasteiger partial charge in [-0.2, -0.15) is 0 Å². The molecule has 0 heterocycles. The number of nitrogens with one attached hydrogen (secondary N) is 1. The van der Waals surface area contributed by atoms with E-state index in [0.717, 1.165) is 30.6 Å². The molecular weight excluding hydrogens is 312 g/mol. The summed E-state index contributed by atoms with van der Waals surface area (Å²) in [6.07, 6.45) is 4.87. The van der Waals surface area contributed by atoms with Crippen LogP contribution in [0.25, 0.3) is 0 Å². The molecule has 0 aliphatic carbocycles. The van der Waals surface area contributed by atoms with Gasteiger partial charge < -0.3 is 10.2 Å². The fourth-order valence-corrected chi connectivity index (χ4v) is 2.59. The molecule has 132 valence electrons. The first-order valence-corrected chi connectivity index (χ1v) is 8.85. The van der Waals surface area contributed by atoms with Crippen molar-refractivity contribution in [2.24, 2.45) is 0 Å². The third kappa shape index (κ3) is 5.75. The molecule has 0 unspecified atom stereocenters. The van der Waals surface area contributed by atoms with Crippen molar-refractivity contribution in [2.75, 3.05) is 17.3 Å². The van der Waals surface area contributed by atoms with E-state index >= 15 is 0 Å². The van der Waals surface area contributed by atoms with E-state index in [1.165, 1.54) is 6.42 Å². The monoisotopic (exact) mass is 338 g/mol. The van der Waals surface area contributed by atoms with Gasteiger partial charge in [0.05, 0.1) is 0 Å². The molecule has 0 saturated carbocycles. The van der Waals surface area contributed by atoms with Crippen molar-refractivity contribution in [3.8, 4) is 0 Å². The molecule has 1 N–H and O–H groups in total. The Hall–Kier alpha value is -2.62. The molecule has 0 bridgehead atoms. The average molecular weight is 338 g/mol. The molecule has 0 atom stereocenters. The molecule has 0 radical (unpaired) electrons. The highest BCUT2D eigenvalue weighted by Gasteiger charge is 2.13. The summed E-state index contributed by atoms with van der Waals surface area (Å²) in [4.78, 5) is 26.0. The number of rotatable bonds is 8. The largest absolute Gasteiger partial charge is 0.326 e. The number of benzene rings is 2. The van der Waals surface area contributed by atoms with Crippen LogP contribution in [-0.2, 0) is 4.79 Å². The van der Waals surface area contributed by atoms with Crippen molar-refractivity contribution in [3.05, 3.63) is 60.2 Å². The van der Waals surface area contributed by atoms with Gasteiger partial charge in [0, 0.05) is 30.4 Å². The summed E-state index contributed by atoms with van der Waals surface area (Å²) in [5.41, 5.74) is 2.16. The summed E-state index contributed by atoms with van der Waals surface area (Å²) in [5.74, 6) is -0.0553. The van der Waals surface area contributed by atoms with Gasteiger partial charge in [0.2, 0.25) is 5.91 Å². The Bertz CT molecular complexity index is 681. The van der Waals surface area contributed by atoms with Crippen LogP contribution in [0, 0.1) is 0 Å². The fourth-order valence-electron chi connectivity index (χ4n) is 2.59. The second kappa shape index (κ2) is 9.62. The Morgan fingerprint density at radius 2 is 1.60 bits per heavy atom. The number of nitrogens with zero attached hydrogens (tertiary/aromatic N) is 1. The van der Waals surface area contributed by atoms with E-state index in [2.05, 4.69) is 12.2 Å². The summed E-state index contributed by atoms with van der Waals surface area (Å²) in [5, 5.41) is 2.88. The van der Waals surface area contributed by atoms with Gasteiger partial charge in [-0.1, -0.05) is 44.4 Å². The van der Waals surface area contributed by atoms with Crippen molar-refractivity contribution in [1.82, 2.24) is 0 Å². The quantitative estimate of drug-likeness (QED) is 0.698. The number of para-hydroxylation sites is 1. The van der Waals surface area contributed by atoms with E-state index in [1.54, 1.807) is 36.2 Å². The third-order valence-corrected chi connectivity index (χ3v) is 4.12. The van der Waals surface area contributed by atoms with Gasteiger partial charge in [-0.25, -0.2) is 0 Å². The molecule has 0 aliphatic heterocycles. The highest BCUT2D eigenvalue weighted by molar-refractivity contribution is 6.06. The minimum atomic E-state index is -0.0800. The second-order valence-electron chi connectivity index (χ2n) is 6.14. The maximum absolute atomic E-state index is 12.5. The number of hydrogen-bond donors (Lipinski definition) is 1. The van der Waals surface area contributed by atoms with Crippen LogP contribution in [0.3, 0.4) is 0 Å². The summed E-state index contributed by atoms with van der Waals surface area (Å²) >= 11 is 0. The zero-order chi connectivity index (χ0) is 18.1. The molecule has 0 aromatic heterocycles. The number of amides is 2. The lowest BCUT2D eigenvalue weighted by atomic mass is 10.1. The summed E-state index contributed by atoms with van der Waals surface area (Å²) in [6.45, 7) is 2.15. The van der Waals surface area contributed by atoms with Gasteiger partial charge in [-0.15, -0.1) is 0 Å². The Labute approximate surface area is 149 Å². The van der Waals surface area contributed by atoms with Crippen LogP contribution in [0.2, 0.25) is 0 Å². The van der Waals surface area contributed by atoms with Gasteiger partial charge in [-0.3, -0.25) is 9.59 Å². The fraction of sp³-hybridized carbons (Fsp3) is 0.333. The van der Waals surface area contributed by atoms with Crippen LogP contribution in [0.5, 0.6) is 0 Å². The minimum absolute atomic E-state index is 0.0246. The first-order chi connectivity index (χ1) is 12.1. The molecule has 2 aromatic carbocycles. The Balaban J connectivity index is 1.91. The lowest BCUT2D eigenvalue weighted by Gasteiger charge is -2.17. The van der Waals surface area contributed by atoms with Gasteiger partial charge >= 0.3 is 0 Å². The standard InChI is InChI=1S/C21H26N2O2/c1-3-4-5-9-12-20(24)22-18-15-13-17(14-16-18)21(25)23(2)19-10-7-6-8-11-19/h6-8,10-11,13-16H,3-5,9,12H2,1-2H3,(H,22,24). The van der Waals surface area contributed by atoms with Crippen molar-refractivity contribution >= 4 is 23.2 Å². The summed E-state index contributed by atoms with van der Waals surface area (Å²) < 4.78 is 0. The molecule has 0 aliphatic rings. The van der Waals surface area contributed by atoms with E-state index < -0.39 is 0 Å². The molecule has 25 heavy (non-hydrogen) atoms. The molecule has 4 nitrogen and oxygen atoms in total. The summed E-state index contributed by atoms with van der Waals surface area (Å²) in [6, 6.07) is 16.5. The van der Waals surface area contributed by atoms with Gasteiger partial charge in [0.25, 0.3) is 5.91 Å². The number of hydrogen-bond acceptors (Lipinski definition) is 2. The topological polar surface area (TPSA) is 49.4 Å². The molecule has 2 amide bonds. The normalized spacial score (nSPS) is 10.3. The Morgan fingerprint density at radius 1 is 0.920 bits per heavy atom. The van der Waals surface area contributed by atoms with Gasteiger partial charge in [-0.05, 0) is 42.8 Å². The number of carbonyl (C=O) groups is 2. The second-order valence-corrected chi connectivity index (χ2v) is 6.14. The van der Waals surface area contributed by atoms with Crippen molar-refractivity contribution < 1.29 is 9.59 Å². The van der Waals surface area contributed by atoms with E-state index in [0.29, 0.717) is 12.0 Å². The summed E-state index contributed by atoms with van der Waals surface area (Å²) in [7, 11) is 1.75. The average Bonchev–Trinajstić information content (AvgIpc) is 2.65. The SMILES string of the molecule is CCCCCCC(=O)Nc1ccc(C(=O)N(C)c2ccccc2)cc1. The molecule has 2 rings (SSSR count). The number of anilines is 2. The van der Waals surface area contributed by atoms with Gasteiger partial charge in [0.15, 0.2) is 0 Å². The number of unbranched alkanes of at least 4 members (excludes halogenated alkanes) is 3. The number of carbonyl (C=O) groups excluding carboxylic acids is 2. The molecule has 0 fully saturated rings. The van der Waals surface area contributed by atoms with Crippen LogP contribution >= 0.6 is 0 Å². The zero-order valence-electron chi connectivity index (χ0n) is 15.0. The van der Waals surface area contributed by atoms with Crippen molar-refractivity contribution in [2.45, 2.75) is 39.0 Å². The lowest BCUT2D eigenvalue weighted by Crippen LogP contribution is -2.26. The van der Waals surface area contributed by atoms with E-state index in [4.69, 9.17) is 0 Å². The highest BCUT2D eigenvalue weighted by Crippen LogP contribution is 2.17. The predicted octanol–water partition coefficient (Wildman–Crippen LogP) is 4.87. The Morgan fingerprint density at radius 3 is 2.24 bits per heavy atom. The van der Waals surface area contributed by atoms with Crippen LogP contribution in [-0.4, -0.2) is 18.9 Å². The molecule has 4 heteroatoms. The molecule has 0 saturated heterocycles. The van der Waals surface area contributed by atoms with Crippen LogP contribution in [0.1, 0.15) is 49.4 Å². The van der Waals surface area contributed by atoms with Gasteiger partial charge in [0.1, 0.15) is 0 Å². The maximum Gasteiger partial charge on any atom is 0.258 e. The molecule has 0 spiro atoms. The zero-order valence-corrected chi connectivity index (χ0v) is 15.0. The molecular formula is C21H26N2O2. The first kappa shape index (κ1) is 18.7. The lowest BCUT2D eigenvalue weighted by molar-refractivity contribution is -0.116. The van der Waals surface area contributed by atoms with Crippen molar-refractivity contribution in [3.63, 3.8) is 0 Å². The van der Waals surface area contributed by atoms with E-state index in [9.17, 15) is 9.59 Å². The van der Waals surface area contributed by atoms with Crippen molar-refractivity contribution in [1.29, 1.82) is 0 Å². The first-order valence-electron chi connectivity index (χ1n) is 8.85. The van der Waals surface area contributed by atoms with Crippen LogP contribution in [0.4, 0.5) is 11.4 Å². The van der Waals surface area contributed by atoms with E-state index in [1.807, 2.05) is 30.3 Å². The smallest absolute Gasteiger partial charge is 0.258 e.